The van der Waals surface area contributed by atoms with Gasteiger partial charge in [-0.05, 0) is 46.7 Å². The second-order valence-corrected chi connectivity index (χ2v) is 3.88. The van der Waals surface area contributed by atoms with Crippen LogP contribution in [0.4, 0.5) is 0 Å². The standard InChI is InChI=1S/C7H5ClIN3/c1-3-4-2-10-7(8)12-6(4)11-5(3)9/h2H,1H3,(H,10,11,12). The maximum Gasteiger partial charge on any atom is 0.224 e. The van der Waals surface area contributed by atoms with Gasteiger partial charge >= 0.3 is 0 Å². The number of rotatable bonds is 0. The molecule has 0 aromatic carbocycles. The molecule has 0 bridgehead atoms. The highest BCUT2D eigenvalue weighted by molar-refractivity contribution is 14.1. The van der Waals surface area contributed by atoms with Crippen molar-refractivity contribution in [1.29, 1.82) is 0 Å². The largest absolute Gasteiger partial charge is 0.334 e. The minimum Gasteiger partial charge on any atom is -0.334 e. The number of nitrogens with one attached hydrogen (secondary N) is 1. The van der Waals surface area contributed by atoms with E-state index in [-0.39, 0.29) is 5.28 Å². The van der Waals surface area contributed by atoms with Gasteiger partial charge in [0.2, 0.25) is 5.28 Å². The van der Waals surface area contributed by atoms with Gasteiger partial charge < -0.3 is 4.98 Å². The van der Waals surface area contributed by atoms with Gasteiger partial charge in [0.15, 0.2) is 0 Å². The van der Waals surface area contributed by atoms with Crippen molar-refractivity contribution in [3.63, 3.8) is 0 Å². The quantitative estimate of drug-likeness (QED) is 0.599. The van der Waals surface area contributed by atoms with Gasteiger partial charge in [-0.15, -0.1) is 0 Å². The Balaban J connectivity index is 2.87. The van der Waals surface area contributed by atoms with E-state index in [0.717, 1.165) is 14.7 Å². The van der Waals surface area contributed by atoms with E-state index < -0.39 is 0 Å². The fourth-order valence-corrected chi connectivity index (χ4v) is 1.73. The zero-order chi connectivity index (χ0) is 8.72. The number of aromatic nitrogens is 3. The summed E-state index contributed by atoms with van der Waals surface area (Å²) in [6, 6.07) is 0. The molecule has 0 aliphatic rings. The van der Waals surface area contributed by atoms with Crippen LogP contribution in [0, 0.1) is 10.6 Å². The van der Waals surface area contributed by atoms with Gasteiger partial charge in [0.1, 0.15) is 5.65 Å². The first-order valence-electron chi connectivity index (χ1n) is 3.35. The Hall–Kier alpha value is -0.360. The van der Waals surface area contributed by atoms with Crippen molar-refractivity contribution in [3.05, 3.63) is 20.7 Å². The summed E-state index contributed by atoms with van der Waals surface area (Å²) in [7, 11) is 0. The van der Waals surface area contributed by atoms with Crippen LogP contribution in [0.3, 0.4) is 0 Å². The maximum absolute atomic E-state index is 5.64. The number of hydrogen-bond donors (Lipinski definition) is 1. The molecule has 2 rings (SSSR count). The second kappa shape index (κ2) is 2.85. The molecule has 0 spiro atoms. The highest BCUT2D eigenvalue weighted by atomic mass is 127. The molecule has 12 heavy (non-hydrogen) atoms. The van der Waals surface area contributed by atoms with Gasteiger partial charge in [-0.25, -0.2) is 4.98 Å². The lowest BCUT2D eigenvalue weighted by Crippen LogP contribution is -1.81. The molecule has 1 N–H and O–H groups in total. The molecular formula is C7H5ClIN3. The van der Waals surface area contributed by atoms with Crippen molar-refractivity contribution in [2.24, 2.45) is 0 Å². The Labute approximate surface area is 87.7 Å². The zero-order valence-corrected chi connectivity index (χ0v) is 9.14. The van der Waals surface area contributed by atoms with Gasteiger partial charge in [0.05, 0.1) is 3.70 Å². The highest BCUT2D eigenvalue weighted by Gasteiger charge is 2.06. The molecule has 0 saturated heterocycles. The van der Waals surface area contributed by atoms with E-state index in [9.17, 15) is 0 Å². The highest BCUT2D eigenvalue weighted by Crippen LogP contribution is 2.21. The van der Waals surface area contributed by atoms with Crippen molar-refractivity contribution in [2.45, 2.75) is 6.92 Å². The molecule has 2 heterocycles. The molecule has 0 fully saturated rings. The van der Waals surface area contributed by atoms with E-state index in [2.05, 4.69) is 37.5 Å². The van der Waals surface area contributed by atoms with Crippen LogP contribution in [0.1, 0.15) is 5.56 Å². The molecule has 2 aromatic rings. The summed E-state index contributed by atoms with van der Waals surface area (Å²) >= 11 is 7.86. The van der Waals surface area contributed by atoms with Crippen molar-refractivity contribution < 1.29 is 0 Å². The van der Waals surface area contributed by atoms with Crippen molar-refractivity contribution in [2.75, 3.05) is 0 Å². The molecule has 3 nitrogen and oxygen atoms in total. The van der Waals surface area contributed by atoms with E-state index >= 15 is 0 Å². The Morgan fingerprint density at radius 1 is 1.58 bits per heavy atom. The fourth-order valence-electron chi connectivity index (χ4n) is 1.05. The van der Waals surface area contributed by atoms with Crippen LogP contribution in [-0.4, -0.2) is 15.0 Å². The minimum atomic E-state index is 0.278. The molecule has 0 amide bonds. The molecule has 62 valence electrons. The van der Waals surface area contributed by atoms with E-state index in [1.54, 1.807) is 6.20 Å². The molecule has 5 heteroatoms. The third-order valence-corrected chi connectivity index (χ3v) is 2.98. The summed E-state index contributed by atoms with van der Waals surface area (Å²) in [6.07, 6.45) is 1.73. The Morgan fingerprint density at radius 2 is 2.33 bits per heavy atom. The van der Waals surface area contributed by atoms with E-state index in [1.165, 1.54) is 5.56 Å². The van der Waals surface area contributed by atoms with Gasteiger partial charge in [-0.2, -0.15) is 4.98 Å². The summed E-state index contributed by atoms with van der Waals surface area (Å²) < 4.78 is 1.08. The average molecular weight is 293 g/mol. The lowest BCUT2D eigenvalue weighted by Gasteiger charge is -1.89. The number of nitrogens with zero attached hydrogens (tertiary/aromatic N) is 2. The number of aromatic amines is 1. The molecule has 0 saturated carbocycles. The van der Waals surface area contributed by atoms with Crippen LogP contribution in [0.5, 0.6) is 0 Å². The Bertz CT molecular complexity index is 437. The first-order valence-corrected chi connectivity index (χ1v) is 4.80. The number of halogens is 2. The molecular weight excluding hydrogens is 288 g/mol. The van der Waals surface area contributed by atoms with Gasteiger partial charge in [0.25, 0.3) is 0 Å². The Morgan fingerprint density at radius 3 is 3.08 bits per heavy atom. The lowest BCUT2D eigenvalue weighted by atomic mass is 10.3. The fraction of sp³-hybridized carbons (Fsp3) is 0.143. The minimum absolute atomic E-state index is 0.278. The van der Waals surface area contributed by atoms with E-state index in [4.69, 9.17) is 11.6 Å². The number of H-pyrrole nitrogens is 1. The molecule has 0 atom stereocenters. The normalized spacial score (nSPS) is 10.9. The van der Waals surface area contributed by atoms with Gasteiger partial charge in [-0.1, -0.05) is 0 Å². The van der Waals surface area contributed by atoms with Crippen molar-refractivity contribution in [1.82, 2.24) is 15.0 Å². The summed E-state index contributed by atoms with van der Waals surface area (Å²) in [5.41, 5.74) is 1.97. The van der Waals surface area contributed by atoms with Gasteiger partial charge in [-0.3, -0.25) is 0 Å². The molecule has 0 aliphatic carbocycles. The SMILES string of the molecule is Cc1c(I)[nH]c2nc(Cl)ncc12. The van der Waals surface area contributed by atoms with E-state index in [1.807, 2.05) is 6.92 Å². The third-order valence-electron chi connectivity index (χ3n) is 1.72. The summed E-state index contributed by atoms with van der Waals surface area (Å²) in [5.74, 6) is 0. The van der Waals surface area contributed by atoms with Crippen LogP contribution in [-0.2, 0) is 0 Å². The first-order chi connectivity index (χ1) is 5.68. The number of fused-ring (bicyclic) bond motifs is 1. The summed E-state index contributed by atoms with van der Waals surface area (Å²) in [5, 5.41) is 1.31. The monoisotopic (exact) mass is 293 g/mol. The second-order valence-electron chi connectivity index (χ2n) is 2.47. The maximum atomic E-state index is 5.64. The van der Waals surface area contributed by atoms with Crippen LogP contribution >= 0.6 is 34.2 Å². The molecule has 0 unspecified atom stereocenters. The predicted molar refractivity (Wildman–Crippen MR) is 56.4 cm³/mol. The first kappa shape index (κ1) is 8.25. The number of aryl methyl sites for hydroxylation is 1. The number of hydrogen-bond acceptors (Lipinski definition) is 2. The Kier molecular flexibility index (Phi) is 1.96. The van der Waals surface area contributed by atoms with Crippen LogP contribution < -0.4 is 0 Å². The smallest absolute Gasteiger partial charge is 0.224 e. The summed E-state index contributed by atoms with van der Waals surface area (Å²) in [4.78, 5) is 11.1. The van der Waals surface area contributed by atoms with E-state index in [0.29, 0.717) is 0 Å². The lowest BCUT2D eigenvalue weighted by molar-refractivity contribution is 1.20. The summed E-state index contributed by atoms with van der Waals surface area (Å²) in [6.45, 7) is 2.03. The van der Waals surface area contributed by atoms with Crippen molar-refractivity contribution >= 4 is 45.2 Å². The predicted octanol–water partition coefficient (Wildman–Crippen LogP) is 2.52. The topological polar surface area (TPSA) is 41.6 Å². The molecule has 2 aromatic heterocycles. The van der Waals surface area contributed by atoms with Crippen molar-refractivity contribution in [3.8, 4) is 0 Å². The average Bonchev–Trinajstić information content (AvgIpc) is 2.28. The van der Waals surface area contributed by atoms with Crippen LogP contribution in [0.15, 0.2) is 6.20 Å². The zero-order valence-electron chi connectivity index (χ0n) is 6.23. The molecule has 0 radical (unpaired) electrons. The van der Waals surface area contributed by atoms with Gasteiger partial charge in [0, 0.05) is 11.6 Å². The van der Waals surface area contributed by atoms with Crippen LogP contribution in [0.25, 0.3) is 11.0 Å². The van der Waals surface area contributed by atoms with Crippen LogP contribution in [0.2, 0.25) is 5.28 Å². The third kappa shape index (κ3) is 1.19. The molecule has 0 aliphatic heterocycles.